The minimum Gasteiger partial charge on any atom is -0.322 e. The maximum atomic E-state index is 12.8. The number of thioether (sulfide) groups is 1. The van der Waals surface area contributed by atoms with Crippen molar-refractivity contribution in [1.82, 2.24) is 19.5 Å². The molecule has 0 aliphatic rings. The molecule has 3 aromatic rings. The number of carbonyl (C=O) groups is 1. The summed E-state index contributed by atoms with van der Waals surface area (Å²) in [5.41, 5.74) is 2.92. The van der Waals surface area contributed by atoms with Crippen molar-refractivity contribution in [2.45, 2.75) is 31.7 Å². The van der Waals surface area contributed by atoms with Gasteiger partial charge in [-0.05, 0) is 37.4 Å². The zero-order chi connectivity index (χ0) is 18.7. The molecule has 0 radical (unpaired) electrons. The molecule has 7 heteroatoms. The molecule has 26 heavy (non-hydrogen) atoms. The first-order valence-electron chi connectivity index (χ1n) is 8.32. The van der Waals surface area contributed by atoms with Crippen LogP contribution in [0.15, 0.2) is 48.0 Å². The maximum absolute atomic E-state index is 12.8. The standard InChI is InChI=1S/C19H21N5OS/c1-12(2)17-21-13(3)16(19(23-17)26-4)18(25)22-14-5-7-15(8-6-14)24-10-9-20-11-24/h5-12H,1-4H3,(H,22,25). The fourth-order valence-corrected chi connectivity index (χ4v) is 3.19. The first-order chi connectivity index (χ1) is 12.5. The van der Waals surface area contributed by atoms with Gasteiger partial charge in [0.05, 0.1) is 17.6 Å². The second-order valence-electron chi connectivity index (χ2n) is 6.18. The number of imidazole rings is 1. The first-order valence-corrected chi connectivity index (χ1v) is 9.54. The predicted molar refractivity (Wildman–Crippen MR) is 104 cm³/mol. The second-order valence-corrected chi connectivity index (χ2v) is 6.97. The Morgan fingerprint density at radius 2 is 1.92 bits per heavy atom. The van der Waals surface area contributed by atoms with Gasteiger partial charge in [-0.15, -0.1) is 11.8 Å². The average Bonchev–Trinajstić information content (AvgIpc) is 3.16. The number of aromatic nitrogens is 4. The summed E-state index contributed by atoms with van der Waals surface area (Å²) in [6.45, 7) is 5.94. The number of anilines is 1. The summed E-state index contributed by atoms with van der Waals surface area (Å²) < 4.78 is 1.90. The largest absolute Gasteiger partial charge is 0.322 e. The highest BCUT2D eigenvalue weighted by molar-refractivity contribution is 7.98. The highest BCUT2D eigenvalue weighted by Crippen LogP contribution is 2.24. The number of carbonyl (C=O) groups excluding carboxylic acids is 1. The highest BCUT2D eigenvalue weighted by Gasteiger charge is 2.19. The Morgan fingerprint density at radius 3 is 2.50 bits per heavy atom. The van der Waals surface area contributed by atoms with E-state index in [-0.39, 0.29) is 11.8 Å². The van der Waals surface area contributed by atoms with Crippen molar-refractivity contribution in [3.8, 4) is 5.69 Å². The van der Waals surface area contributed by atoms with E-state index >= 15 is 0 Å². The number of rotatable bonds is 5. The molecule has 0 saturated heterocycles. The Hall–Kier alpha value is -2.67. The van der Waals surface area contributed by atoms with Gasteiger partial charge in [-0.25, -0.2) is 15.0 Å². The Kier molecular flexibility index (Phi) is 5.37. The smallest absolute Gasteiger partial charge is 0.260 e. The van der Waals surface area contributed by atoms with Crippen LogP contribution in [0.5, 0.6) is 0 Å². The van der Waals surface area contributed by atoms with Crippen LogP contribution in [0.1, 0.15) is 41.6 Å². The van der Waals surface area contributed by atoms with E-state index in [2.05, 4.69) is 20.3 Å². The summed E-state index contributed by atoms with van der Waals surface area (Å²) >= 11 is 1.46. The van der Waals surface area contributed by atoms with E-state index in [9.17, 15) is 4.79 Å². The van der Waals surface area contributed by atoms with Crippen LogP contribution in [-0.4, -0.2) is 31.7 Å². The van der Waals surface area contributed by atoms with E-state index in [1.54, 1.807) is 12.5 Å². The van der Waals surface area contributed by atoms with E-state index in [0.717, 1.165) is 17.2 Å². The van der Waals surface area contributed by atoms with Crippen molar-refractivity contribution >= 4 is 23.4 Å². The minimum absolute atomic E-state index is 0.197. The number of amides is 1. The van der Waals surface area contributed by atoms with E-state index < -0.39 is 0 Å². The number of nitrogens with zero attached hydrogens (tertiary/aromatic N) is 4. The third-order valence-electron chi connectivity index (χ3n) is 3.94. The van der Waals surface area contributed by atoms with E-state index in [1.807, 2.05) is 62.1 Å². The van der Waals surface area contributed by atoms with Crippen molar-refractivity contribution in [3.63, 3.8) is 0 Å². The Balaban J connectivity index is 1.84. The van der Waals surface area contributed by atoms with Gasteiger partial charge in [0.15, 0.2) is 0 Å². The lowest BCUT2D eigenvalue weighted by Crippen LogP contribution is -2.17. The highest BCUT2D eigenvalue weighted by atomic mass is 32.2. The number of benzene rings is 1. The molecule has 2 heterocycles. The van der Waals surface area contributed by atoms with E-state index in [1.165, 1.54) is 11.8 Å². The molecule has 0 unspecified atom stereocenters. The predicted octanol–water partition coefficient (Wildman–Crippen LogP) is 4.07. The van der Waals surface area contributed by atoms with E-state index in [4.69, 9.17) is 0 Å². The van der Waals surface area contributed by atoms with Crippen LogP contribution >= 0.6 is 11.8 Å². The number of hydrogen-bond donors (Lipinski definition) is 1. The van der Waals surface area contributed by atoms with Gasteiger partial charge in [-0.3, -0.25) is 4.79 Å². The van der Waals surface area contributed by atoms with Gasteiger partial charge in [0, 0.05) is 29.7 Å². The summed E-state index contributed by atoms with van der Waals surface area (Å²) in [6, 6.07) is 7.59. The molecular weight excluding hydrogens is 346 g/mol. The summed E-state index contributed by atoms with van der Waals surface area (Å²) in [7, 11) is 0. The van der Waals surface area contributed by atoms with Crippen molar-refractivity contribution < 1.29 is 4.79 Å². The van der Waals surface area contributed by atoms with Crippen molar-refractivity contribution in [1.29, 1.82) is 0 Å². The lowest BCUT2D eigenvalue weighted by Gasteiger charge is -2.14. The molecule has 0 spiro atoms. The number of aryl methyl sites for hydroxylation is 1. The molecule has 1 aromatic carbocycles. The first kappa shape index (κ1) is 18.1. The SMILES string of the molecule is CSc1nc(C(C)C)nc(C)c1C(=O)Nc1ccc(-n2ccnc2)cc1. The molecule has 0 saturated carbocycles. The summed E-state index contributed by atoms with van der Waals surface area (Å²) in [5, 5.41) is 3.64. The zero-order valence-electron chi connectivity index (χ0n) is 15.2. The lowest BCUT2D eigenvalue weighted by molar-refractivity contribution is 0.102. The summed E-state index contributed by atoms with van der Waals surface area (Å²) in [4.78, 5) is 25.9. The third-order valence-corrected chi connectivity index (χ3v) is 4.62. The molecule has 0 bridgehead atoms. The van der Waals surface area contributed by atoms with Gasteiger partial charge in [0.25, 0.3) is 5.91 Å². The van der Waals surface area contributed by atoms with Gasteiger partial charge < -0.3 is 9.88 Å². The molecule has 3 rings (SSSR count). The Labute approximate surface area is 157 Å². The number of nitrogens with one attached hydrogen (secondary N) is 1. The van der Waals surface area contributed by atoms with Crippen LogP contribution in [0.2, 0.25) is 0 Å². The molecule has 0 fully saturated rings. The van der Waals surface area contributed by atoms with Crippen LogP contribution < -0.4 is 5.32 Å². The molecule has 134 valence electrons. The molecule has 6 nitrogen and oxygen atoms in total. The summed E-state index contributed by atoms with van der Waals surface area (Å²) in [6.07, 6.45) is 7.25. The minimum atomic E-state index is -0.197. The van der Waals surface area contributed by atoms with E-state index in [0.29, 0.717) is 16.3 Å². The molecule has 1 amide bonds. The molecule has 2 aromatic heterocycles. The fraction of sp³-hybridized carbons (Fsp3) is 0.263. The van der Waals surface area contributed by atoms with Crippen LogP contribution in [0.25, 0.3) is 5.69 Å². The molecular formula is C19H21N5OS. The monoisotopic (exact) mass is 367 g/mol. The molecule has 0 aliphatic carbocycles. The molecule has 0 atom stereocenters. The van der Waals surface area contributed by atoms with Crippen LogP contribution in [0.4, 0.5) is 5.69 Å². The van der Waals surface area contributed by atoms with Gasteiger partial charge in [-0.2, -0.15) is 0 Å². The van der Waals surface area contributed by atoms with Gasteiger partial charge >= 0.3 is 0 Å². The quantitative estimate of drug-likeness (QED) is 0.544. The second kappa shape index (κ2) is 7.70. The third kappa shape index (κ3) is 3.77. The average molecular weight is 367 g/mol. The lowest BCUT2D eigenvalue weighted by atomic mass is 10.1. The van der Waals surface area contributed by atoms with Crippen LogP contribution in [-0.2, 0) is 0 Å². The van der Waals surface area contributed by atoms with Gasteiger partial charge in [0.2, 0.25) is 0 Å². The van der Waals surface area contributed by atoms with Crippen LogP contribution in [0, 0.1) is 6.92 Å². The Morgan fingerprint density at radius 1 is 1.19 bits per heavy atom. The van der Waals surface area contributed by atoms with Crippen molar-refractivity contribution in [2.75, 3.05) is 11.6 Å². The topological polar surface area (TPSA) is 72.7 Å². The van der Waals surface area contributed by atoms with Crippen molar-refractivity contribution in [2.24, 2.45) is 0 Å². The number of hydrogen-bond acceptors (Lipinski definition) is 5. The summed E-state index contributed by atoms with van der Waals surface area (Å²) in [5.74, 6) is 0.776. The van der Waals surface area contributed by atoms with Crippen molar-refractivity contribution in [3.05, 3.63) is 60.1 Å². The normalized spacial score (nSPS) is 11.0. The zero-order valence-corrected chi connectivity index (χ0v) is 16.0. The van der Waals surface area contributed by atoms with Gasteiger partial charge in [-0.1, -0.05) is 13.8 Å². The molecule has 0 aliphatic heterocycles. The van der Waals surface area contributed by atoms with Gasteiger partial charge in [0.1, 0.15) is 10.9 Å². The Bertz CT molecular complexity index is 904. The van der Waals surface area contributed by atoms with Crippen LogP contribution in [0.3, 0.4) is 0 Å². The molecule has 1 N–H and O–H groups in total. The maximum Gasteiger partial charge on any atom is 0.260 e. The fourth-order valence-electron chi connectivity index (χ4n) is 2.56.